The van der Waals surface area contributed by atoms with Crippen molar-refractivity contribution in [2.24, 2.45) is 0 Å². The molecular formula is C31H29F4N5O2S. The topological polar surface area (TPSA) is 74.6 Å². The van der Waals surface area contributed by atoms with Crippen LogP contribution in [-0.4, -0.2) is 80.0 Å². The zero-order valence-corrected chi connectivity index (χ0v) is 24.0. The molecule has 2 aromatic carbocycles. The average molecular weight is 612 g/mol. The third kappa shape index (κ3) is 4.31. The Hall–Kier alpha value is -3.38. The van der Waals surface area contributed by atoms with Crippen LogP contribution in [0.5, 0.6) is 11.8 Å². The number of hydrogen-bond acceptors (Lipinski definition) is 8. The maximum absolute atomic E-state index is 16.6. The van der Waals surface area contributed by atoms with Crippen LogP contribution in [0.15, 0.2) is 30.5 Å². The van der Waals surface area contributed by atoms with Gasteiger partial charge in [0.2, 0.25) is 0 Å². The minimum absolute atomic E-state index is 0.0160. The normalized spacial score (nSPS) is 27.0. The first-order valence-electron chi connectivity index (χ1n) is 14.7. The lowest BCUT2D eigenvalue weighted by Crippen LogP contribution is -2.44. The molecule has 4 aliphatic heterocycles. The molecule has 2 aromatic heterocycles. The van der Waals surface area contributed by atoms with Gasteiger partial charge in [0.1, 0.15) is 35.6 Å². The Morgan fingerprint density at radius 1 is 1.07 bits per heavy atom. The second-order valence-electron chi connectivity index (χ2n) is 12.2. The number of phenolic OH excluding ortho intramolecular Hbond substituents is 1. The van der Waals surface area contributed by atoms with E-state index in [2.05, 4.69) is 19.8 Å². The predicted molar refractivity (Wildman–Crippen MR) is 157 cm³/mol. The van der Waals surface area contributed by atoms with E-state index in [-0.39, 0.29) is 58.0 Å². The van der Waals surface area contributed by atoms with Crippen molar-refractivity contribution < 1.29 is 27.4 Å². The molecule has 8 rings (SSSR count). The van der Waals surface area contributed by atoms with Crippen molar-refractivity contribution in [3.8, 4) is 23.0 Å². The number of aromatic hydroxyl groups is 1. The summed E-state index contributed by atoms with van der Waals surface area (Å²) in [7, 11) is 0. The number of aromatic nitrogens is 3. The fraction of sp³-hybridized carbons (Fsp3) is 0.452. The van der Waals surface area contributed by atoms with Crippen molar-refractivity contribution in [1.29, 1.82) is 0 Å². The smallest absolute Gasteiger partial charge is 0.319 e. The molecule has 4 aliphatic rings. The quantitative estimate of drug-likeness (QED) is 0.275. The van der Waals surface area contributed by atoms with Crippen molar-refractivity contribution in [1.82, 2.24) is 19.9 Å². The van der Waals surface area contributed by atoms with E-state index in [1.54, 1.807) is 0 Å². The molecule has 4 fully saturated rings. The molecule has 224 valence electrons. The summed E-state index contributed by atoms with van der Waals surface area (Å²) in [4.78, 5) is 18.0. The molecule has 0 saturated carbocycles. The highest BCUT2D eigenvalue weighted by molar-refractivity contribution is 7.99. The first kappa shape index (κ1) is 27.2. The van der Waals surface area contributed by atoms with Gasteiger partial charge in [0.15, 0.2) is 17.5 Å². The fourth-order valence-electron chi connectivity index (χ4n) is 7.66. The summed E-state index contributed by atoms with van der Waals surface area (Å²) < 4.78 is 66.6. The number of hydrogen-bond donors (Lipinski definition) is 1. The molecule has 7 nitrogen and oxygen atoms in total. The lowest BCUT2D eigenvalue weighted by Gasteiger charge is -2.36. The van der Waals surface area contributed by atoms with Gasteiger partial charge in [-0.1, -0.05) is 6.07 Å². The van der Waals surface area contributed by atoms with Crippen molar-refractivity contribution in [3.05, 3.63) is 47.9 Å². The number of nitrogens with zero attached hydrogens (tertiary/aromatic N) is 5. The number of ether oxygens (including phenoxy) is 1. The summed E-state index contributed by atoms with van der Waals surface area (Å²) in [6.07, 6.45) is 4.64. The van der Waals surface area contributed by atoms with E-state index in [1.165, 1.54) is 24.4 Å². The Bertz CT molecular complexity index is 1760. The van der Waals surface area contributed by atoms with E-state index >= 15 is 8.78 Å². The van der Waals surface area contributed by atoms with Crippen molar-refractivity contribution in [2.75, 3.05) is 36.1 Å². The van der Waals surface area contributed by atoms with Crippen LogP contribution >= 0.6 is 11.8 Å². The van der Waals surface area contributed by atoms with Gasteiger partial charge in [0.05, 0.1) is 10.9 Å². The van der Waals surface area contributed by atoms with E-state index in [0.717, 1.165) is 49.8 Å². The summed E-state index contributed by atoms with van der Waals surface area (Å²) in [5.41, 5.74) is -0.874. The van der Waals surface area contributed by atoms with Crippen molar-refractivity contribution >= 4 is 39.3 Å². The molecule has 12 heteroatoms. The highest BCUT2D eigenvalue weighted by Crippen LogP contribution is 2.44. The van der Waals surface area contributed by atoms with Crippen molar-refractivity contribution in [3.63, 3.8) is 0 Å². The summed E-state index contributed by atoms with van der Waals surface area (Å²) in [6.45, 7) is 1.37. The zero-order chi connectivity index (χ0) is 29.5. The predicted octanol–water partition coefficient (Wildman–Crippen LogP) is 6.01. The molecule has 2 unspecified atom stereocenters. The van der Waals surface area contributed by atoms with E-state index in [4.69, 9.17) is 9.72 Å². The van der Waals surface area contributed by atoms with Gasteiger partial charge in [-0.05, 0) is 55.8 Å². The Labute approximate surface area is 249 Å². The second kappa shape index (κ2) is 10.1. The molecule has 0 amide bonds. The molecular weight excluding hydrogens is 582 g/mol. The lowest BCUT2D eigenvalue weighted by atomic mass is 9.95. The van der Waals surface area contributed by atoms with Gasteiger partial charge in [-0.15, -0.1) is 0 Å². The Morgan fingerprint density at radius 3 is 2.70 bits per heavy atom. The maximum atomic E-state index is 16.6. The Kier molecular flexibility index (Phi) is 6.38. The molecule has 4 atom stereocenters. The largest absolute Gasteiger partial charge is 0.508 e. The van der Waals surface area contributed by atoms with E-state index in [9.17, 15) is 13.9 Å². The average Bonchev–Trinajstić information content (AvgIpc) is 3.60. The van der Waals surface area contributed by atoms with E-state index in [1.807, 2.05) is 11.8 Å². The van der Waals surface area contributed by atoms with Gasteiger partial charge < -0.3 is 14.7 Å². The third-order valence-corrected chi connectivity index (χ3v) is 10.8. The molecule has 6 heterocycles. The van der Waals surface area contributed by atoms with Crippen molar-refractivity contribution in [2.45, 2.75) is 55.9 Å². The third-order valence-electron chi connectivity index (χ3n) is 9.61. The van der Waals surface area contributed by atoms with Crippen LogP contribution in [0.3, 0.4) is 0 Å². The molecule has 4 saturated heterocycles. The number of halogens is 4. The van der Waals surface area contributed by atoms with E-state index < -0.39 is 29.2 Å². The molecule has 1 N–H and O–H groups in total. The molecule has 4 aromatic rings. The van der Waals surface area contributed by atoms with Crippen LogP contribution in [0, 0.1) is 17.5 Å². The van der Waals surface area contributed by atoms with Gasteiger partial charge >= 0.3 is 6.01 Å². The van der Waals surface area contributed by atoms with Crippen LogP contribution in [0.1, 0.15) is 32.1 Å². The first-order chi connectivity index (χ1) is 20.8. The minimum Gasteiger partial charge on any atom is -0.508 e. The molecule has 43 heavy (non-hydrogen) atoms. The first-order valence-corrected chi connectivity index (χ1v) is 15.8. The summed E-state index contributed by atoms with van der Waals surface area (Å²) in [5, 5.41) is 10.8. The van der Waals surface area contributed by atoms with Gasteiger partial charge in [-0.3, -0.25) is 9.88 Å². The Balaban J connectivity index is 1.28. The Morgan fingerprint density at radius 2 is 1.88 bits per heavy atom. The monoisotopic (exact) mass is 611 g/mol. The number of rotatable bonds is 5. The molecule has 2 bridgehead atoms. The van der Waals surface area contributed by atoms with Crippen LogP contribution in [0.2, 0.25) is 0 Å². The van der Waals surface area contributed by atoms with Crippen LogP contribution in [0.25, 0.3) is 32.9 Å². The number of phenols is 1. The van der Waals surface area contributed by atoms with Crippen LogP contribution in [-0.2, 0) is 0 Å². The molecule has 0 spiro atoms. The van der Waals surface area contributed by atoms with Crippen LogP contribution < -0.4 is 9.64 Å². The molecule has 0 aliphatic carbocycles. The summed E-state index contributed by atoms with van der Waals surface area (Å²) >= 11 is 1.89. The summed E-state index contributed by atoms with van der Waals surface area (Å²) in [6, 6.07) is 5.16. The molecule has 0 radical (unpaired) electrons. The van der Waals surface area contributed by atoms with Gasteiger partial charge in [0.25, 0.3) is 0 Å². The van der Waals surface area contributed by atoms with E-state index in [0.29, 0.717) is 24.2 Å². The number of fused-ring (bicyclic) bond motifs is 5. The van der Waals surface area contributed by atoms with Crippen LogP contribution in [0.4, 0.5) is 23.4 Å². The number of pyridine rings is 1. The van der Waals surface area contributed by atoms with Gasteiger partial charge in [0, 0.05) is 53.7 Å². The highest BCUT2D eigenvalue weighted by atomic mass is 32.2. The standard InChI is InChI=1S/C31H29F4N5O2S/c32-17-10-31(6-1-7-39(31)12-17)15-42-30-37-28-22(29(38-30)40-18-3-4-19(40)14-43-13-18)11-36-27(26(28)35)21-9-20(41)8-16-2-5-23(33)25(34)24(16)21/h2,5,8-9,11,17-19,41H,1,3-4,6-7,10,12-15H2/t17-,18?,19?,31+/m1/s1. The number of thioether (sulfide) groups is 1. The number of benzene rings is 2. The van der Waals surface area contributed by atoms with Gasteiger partial charge in [-0.2, -0.15) is 21.7 Å². The summed E-state index contributed by atoms with van der Waals surface area (Å²) in [5.74, 6) is -0.990. The number of alkyl halides is 1. The second-order valence-corrected chi connectivity index (χ2v) is 13.2. The maximum Gasteiger partial charge on any atom is 0.319 e. The number of anilines is 1. The fourth-order valence-corrected chi connectivity index (χ4v) is 8.99. The lowest BCUT2D eigenvalue weighted by molar-refractivity contribution is 0.107. The minimum atomic E-state index is -1.16. The highest BCUT2D eigenvalue weighted by Gasteiger charge is 2.49. The van der Waals surface area contributed by atoms with Gasteiger partial charge in [-0.25, -0.2) is 17.6 Å². The SMILES string of the molecule is Oc1cc(-c2ncc3c(N4C5CCC4CSC5)nc(OC[C@@]45CCCN4C[C@H](F)C5)nc3c2F)c2c(F)c(F)ccc2c1. The zero-order valence-electron chi connectivity index (χ0n) is 23.2.